The first-order valence-electron chi connectivity index (χ1n) is 17.7. The molecule has 6 aromatic rings. The lowest BCUT2D eigenvalue weighted by atomic mass is 9.99. The quantitative estimate of drug-likeness (QED) is 0.175. The van der Waals surface area contributed by atoms with E-state index in [0.29, 0.717) is 13.1 Å². The average molecular weight is 751 g/mol. The van der Waals surface area contributed by atoms with Gasteiger partial charge >= 0.3 is 12.2 Å². The van der Waals surface area contributed by atoms with Gasteiger partial charge < -0.3 is 19.4 Å². The largest absolute Gasteiger partial charge is 0.445 e. The van der Waals surface area contributed by atoms with E-state index in [1.807, 2.05) is 63.4 Å². The highest BCUT2D eigenvalue weighted by Crippen LogP contribution is 2.36. The molecule has 2 amide bonds. The molecule has 2 aliphatic heterocycles. The van der Waals surface area contributed by atoms with Gasteiger partial charge in [0.1, 0.15) is 23.9 Å². The number of aromatic nitrogens is 4. The van der Waals surface area contributed by atoms with Crippen LogP contribution in [0.2, 0.25) is 0 Å². The standard InChI is InChI=1S/C41H42N6O4.2H2S/c1-41(2,3)51-40(49)47-20-7-11-35(47)37-42-24-34(45-37)31-16-15-27-21-28(13-14-29(27)22-31)30-17-18-32-33(23-30)44-38(43-32)36-12-8-19-46(36)39(48)50-25-26-9-5-4-6-10-26;;/h4-6,9-10,13-18,21-24,35-36H,7-8,11-12,19-20,25H2,1-3H3,(H,42,45)(H,43,44);2*1H2/t35-,36-;;/m0../s1. The average Bonchev–Trinajstić information content (AvgIpc) is 3.95. The summed E-state index contributed by atoms with van der Waals surface area (Å²) in [5.41, 5.74) is 6.36. The SMILES string of the molecule is CC(C)(C)OC(=O)N1CCC[C@H]1c1ncc(-c2ccc3cc(-c4ccc5nc([C@@H]6CCCN6C(=O)OCc6ccccc6)[nH]c5c4)ccc3c2)[nH]1.S.S. The minimum Gasteiger partial charge on any atom is -0.445 e. The molecule has 2 atom stereocenters. The highest BCUT2D eigenvalue weighted by molar-refractivity contribution is 7.59. The van der Waals surface area contributed by atoms with Gasteiger partial charge in [0.05, 0.1) is 35.0 Å². The second-order valence-electron chi connectivity index (χ2n) is 14.5. The number of benzene rings is 4. The predicted octanol–water partition coefficient (Wildman–Crippen LogP) is 9.54. The minimum atomic E-state index is -0.543. The zero-order valence-corrected chi connectivity index (χ0v) is 32.2. The molecule has 0 saturated carbocycles. The molecule has 2 saturated heterocycles. The number of ether oxygens (including phenoxy) is 2. The van der Waals surface area contributed by atoms with E-state index in [2.05, 4.69) is 63.5 Å². The molecule has 2 fully saturated rings. The molecule has 2 aromatic heterocycles. The molecule has 0 spiro atoms. The zero-order valence-electron chi connectivity index (χ0n) is 30.2. The third kappa shape index (κ3) is 8.03. The molecule has 2 aliphatic rings. The third-order valence-corrected chi connectivity index (χ3v) is 9.78. The maximum Gasteiger partial charge on any atom is 0.410 e. The number of aromatic amines is 2. The molecule has 8 rings (SSSR count). The Hall–Kier alpha value is -4.94. The van der Waals surface area contributed by atoms with Crippen LogP contribution in [-0.2, 0) is 16.1 Å². The van der Waals surface area contributed by atoms with E-state index in [9.17, 15) is 9.59 Å². The van der Waals surface area contributed by atoms with Crippen molar-refractivity contribution in [1.29, 1.82) is 0 Å². The van der Waals surface area contributed by atoms with E-state index < -0.39 is 5.60 Å². The van der Waals surface area contributed by atoms with Crippen molar-refractivity contribution < 1.29 is 19.1 Å². The Morgan fingerprint density at radius 2 is 1.38 bits per heavy atom. The summed E-state index contributed by atoms with van der Waals surface area (Å²) < 4.78 is 11.3. The summed E-state index contributed by atoms with van der Waals surface area (Å²) in [5, 5.41) is 2.25. The molecule has 4 heterocycles. The van der Waals surface area contributed by atoms with Crippen molar-refractivity contribution in [1.82, 2.24) is 29.7 Å². The molecule has 276 valence electrons. The van der Waals surface area contributed by atoms with Crippen LogP contribution < -0.4 is 0 Å². The van der Waals surface area contributed by atoms with E-state index in [0.717, 1.165) is 87.1 Å². The maximum absolute atomic E-state index is 13.0. The molecule has 10 nitrogen and oxygen atoms in total. The van der Waals surface area contributed by atoms with Crippen molar-refractivity contribution in [2.24, 2.45) is 0 Å². The number of hydrogen-bond donors (Lipinski definition) is 2. The van der Waals surface area contributed by atoms with Gasteiger partial charge in [-0.2, -0.15) is 27.0 Å². The maximum atomic E-state index is 13.0. The fraction of sp³-hybridized carbons (Fsp3) is 0.317. The molecular formula is C41H46N6O4S2. The van der Waals surface area contributed by atoms with Crippen molar-refractivity contribution in [3.63, 3.8) is 0 Å². The van der Waals surface area contributed by atoms with Gasteiger partial charge in [0.15, 0.2) is 0 Å². The number of nitrogens with one attached hydrogen (secondary N) is 2. The topological polar surface area (TPSA) is 116 Å². The second kappa shape index (κ2) is 15.6. The second-order valence-corrected chi connectivity index (χ2v) is 14.5. The van der Waals surface area contributed by atoms with Crippen molar-refractivity contribution in [2.75, 3.05) is 13.1 Å². The fourth-order valence-corrected chi connectivity index (χ4v) is 7.27. The van der Waals surface area contributed by atoms with Crippen LogP contribution in [0.4, 0.5) is 9.59 Å². The Bertz CT molecular complexity index is 2230. The van der Waals surface area contributed by atoms with E-state index in [1.54, 1.807) is 9.80 Å². The highest BCUT2D eigenvalue weighted by Gasteiger charge is 2.35. The predicted molar refractivity (Wildman–Crippen MR) is 218 cm³/mol. The number of nitrogens with zero attached hydrogens (tertiary/aromatic N) is 4. The van der Waals surface area contributed by atoms with Crippen LogP contribution in [0.5, 0.6) is 0 Å². The van der Waals surface area contributed by atoms with Gasteiger partial charge in [-0.15, -0.1) is 0 Å². The van der Waals surface area contributed by atoms with Gasteiger partial charge in [-0.1, -0.05) is 60.7 Å². The summed E-state index contributed by atoms with van der Waals surface area (Å²) in [7, 11) is 0. The monoisotopic (exact) mass is 750 g/mol. The lowest BCUT2D eigenvalue weighted by molar-refractivity contribution is 0.0218. The van der Waals surface area contributed by atoms with Crippen molar-refractivity contribution >= 4 is 61.0 Å². The van der Waals surface area contributed by atoms with E-state index >= 15 is 0 Å². The Labute approximate surface area is 323 Å². The first-order valence-corrected chi connectivity index (χ1v) is 17.7. The number of amides is 2. The number of carbonyl (C=O) groups is 2. The number of H-pyrrole nitrogens is 2. The Kier molecular flexibility index (Phi) is 11.1. The van der Waals surface area contributed by atoms with Crippen LogP contribution in [0.15, 0.2) is 91.1 Å². The Balaban J connectivity index is 0.00000240. The molecule has 0 bridgehead atoms. The van der Waals surface area contributed by atoms with Crippen LogP contribution in [0, 0.1) is 0 Å². The normalized spacial score (nSPS) is 17.1. The lowest BCUT2D eigenvalue weighted by Crippen LogP contribution is -2.36. The molecule has 0 aliphatic carbocycles. The smallest absolute Gasteiger partial charge is 0.410 e. The number of likely N-dealkylation sites (tertiary alicyclic amines) is 2. The fourth-order valence-electron chi connectivity index (χ4n) is 7.27. The van der Waals surface area contributed by atoms with E-state index in [-0.39, 0.29) is 57.9 Å². The van der Waals surface area contributed by atoms with Crippen LogP contribution in [0.1, 0.15) is 75.8 Å². The molecular weight excluding hydrogens is 705 g/mol. The minimum absolute atomic E-state index is 0. The number of imidazole rings is 2. The van der Waals surface area contributed by atoms with Crippen LogP contribution in [-0.4, -0.2) is 60.6 Å². The van der Waals surface area contributed by atoms with Gasteiger partial charge in [0, 0.05) is 18.7 Å². The van der Waals surface area contributed by atoms with Gasteiger partial charge in [-0.05, 0) is 98.2 Å². The first kappa shape index (κ1) is 37.8. The number of hydrogen-bond acceptors (Lipinski definition) is 6. The van der Waals surface area contributed by atoms with Gasteiger partial charge in [0.2, 0.25) is 0 Å². The highest BCUT2D eigenvalue weighted by atomic mass is 32.1. The van der Waals surface area contributed by atoms with Crippen molar-refractivity contribution in [2.45, 2.75) is 70.7 Å². The summed E-state index contributed by atoms with van der Waals surface area (Å²) in [6, 6.07) is 28.6. The van der Waals surface area contributed by atoms with Gasteiger partial charge in [-0.3, -0.25) is 9.80 Å². The summed E-state index contributed by atoms with van der Waals surface area (Å²) in [6.07, 6.45) is 4.75. The molecule has 53 heavy (non-hydrogen) atoms. The van der Waals surface area contributed by atoms with Gasteiger partial charge in [-0.25, -0.2) is 19.6 Å². The lowest BCUT2D eigenvalue weighted by Gasteiger charge is -2.27. The van der Waals surface area contributed by atoms with Gasteiger partial charge in [0.25, 0.3) is 0 Å². The summed E-state index contributed by atoms with van der Waals surface area (Å²) >= 11 is 0. The zero-order chi connectivity index (χ0) is 35.1. The number of rotatable bonds is 6. The van der Waals surface area contributed by atoms with E-state index in [1.165, 1.54) is 0 Å². The molecule has 12 heteroatoms. The molecule has 0 radical (unpaired) electrons. The molecule has 0 unspecified atom stereocenters. The number of fused-ring (bicyclic) bond motifs is 2. The first-order chi connectivity index (χ1) is 24.7. The molecule has 4 aromatic carbocycles. The Morgan fingerprint density at radius 1 is 0.755 bits per heavy atom. The number of carbonyl (C=O) groups excluding carboxylic acids is 2. The van der Waals surface area contributed by atoms with Crippen molar-refractivity contribution in [3.05, 3.63) is 108 Å². The summed E-state index contributed by atoms with van der Waals surface area (Å²) in [4.78, 5) is 46.0. The Morgan fingerprint density at radius 3 is 2.09 bits per heavy atom. The summed E-state index contributed by atoms with van der Waals surface area (Å²) in [6.45, 7) is 7.22. The third-order valence-electron chi connectivity index (χ3n) is 9.78. The van der Waals surface area contributed by atoms with Crippen LogP contribution in [0.3, 0.4) is 0 Å². The van der Waals surface area contributed by atoms with E-state index in [4.69, 9.17) is 14.5 Å². The van der Waals surface area contributed by atoms with Crippen LogP contribution in [0.25, 0.3) is 44.2 Å². The molecule has 2 N–H and O–H groups in total. The van der Waals surface area contributed by atoms with Crippen LogP contribution >= 0.6 is 27.0 Å². The van der Waals surface area contributed by atoms with Crippen molar-refractivity contribution in [3.8, 4) is 22.4 Å². The summed E-state index contributed by atoms with van der Waals surface area (Å²) in [5.74, 6) is 1.57.